The van der Waals surface area contributed by atoms with E-state index < -0.39 is 5.54 Å². The van der Waals surface area contributed by atoms with E-state index >= 15 is 0 Å². The summed E-state index contributed by atoms with van der Waals surface area (Å²) < 4.78 is 0. The van der Waals surface area contributed by atoms with E-state index in [2.05, 4.69) is 0 Å². The second-order valence-corrected chi connectivity index (χ2v) is 4.89. The van der Waals surface area contributed by atoms with Crippen molar-refractivity contribution in [3.63, 3.8) is 0 Å². The van der Waals surface area contributed by atoms with Gasteiger partial charge in [0.2, 0.25) is 0 Å². The first-order valence-corrected chi connectivity index (χ1v) is 6.09. The van der Waals surface area contributed by atoms with Gasteiger partial charge in [-0.2, -0.15) is 5.26 Å². The SMILES string of the molecule is CCN1C(=O)N(c2ccc(C#N)cc2)C(=O)C1(C)C. The number of carbonyl (C=O) groups excluding carboxylic acids is 2. The van der Waals surface area contributed by atoms with Gasteiger partial charge in [-0.1, -0.05) is 0 Å². The zero-order valence-electron chi connectivity index (χ0n) is 11.2. The van der Waals surface area contributed by atoms with Gasteiger partial charge in [-0.3, -0.25) is 4.79 Å². The van der Waals surface area contributed by atoms with Crippen molar-refractivity contribution in [3.05, 3.63) is 29.8 Å². The zero-order valence-corrected chi connectivity index (χ0v) is 11.2. The maximum absolute atomic E-state index is 12.4. The van der Waals surface area contributed by atoms with Gasteiger partial charge >= 0.3 is 6.03 Å². The van der Waals surface area contributed by atoms with E-state index in [0.29, 0.717) is 17.8 Å². The number of amides is 3. The Morgan fingerprint density at radius 3 is 2.21 bits per heavy atom. The largest absolute Gasteiger partial charge is 0.332 e. The molecule has 1 aliphatic heterocycles. The van der Waals surface area contributed by atoms with Gasteiger partial charge in [0, 0.05) is 6.54 Å². The monoisotopic (exact) mass is 257 g/mol. The molecule has 5 heteroatoms. The van der Waals surface area contributed by atoms with Crippen LogP contribution in [0.4, 0.5) is 10.5 Å². The predicted molar refractivity (Wildman–Crippen MR) is 70.5 cm³/mol. The molecular formula is C14H15N3O2. The smallest absolute Gasteiger partial charge is 0.310 e. The maximum atomic E-state index is 12.4. The molecule has 3 amide bonds. The van der Waals surface area contributed by atoms with Crippen molar-refractivity contribution in [1.82, 2.24) is 4.90 Å². The topological polar surface area (TPSA) is 64.4 Å². The number of urea groups is 1. The number of anilines is 1. The first-order valence-electron chi connectivity index (χ1n) is 6.09. The van der Waals surface area contributed by atoms with Crippen LogP contribution in [0.3, 0.4) is 0 Å². The summed E-state index contributed by atoms with van der Waals surface area (Å²) in [5.74, 6) is -0.246. The third kappa shape index (κ3) is 1.85. The van der Waals surface area contributed by atoms with E-state index in [1.165, 1.54) is 9.80 Å². The van der Waals surface area contributed by atoms with Gasteiger partial charge in [0.1, 0.15) is 5.54 Å². The number of hydrogen-bond donors (Lipinski definition) is 0. The molecule has 0 aliphatic carbocycles. The van der Waals surface area contributed by atoms with Crippen molar-refractivity contribution < 1.29 is 9.59 Å². The van der Waals surface area contributed by atoms with Crippen LogP contribution in [0.2, 0.25) is 0 Å². The Kier molecular flexibility index (Phi) is 3.03. The molecule has 0 saturated carbocycles. The molecule has 19 heavy (non-hydrogen) atoms. The van der Waals surface area contributed by atoms with Crippen LogP contribution in [0, 0.1) is 11.3 Å². The number of likely N-dealkylation sites (N-methyl/N-ethyl adjacent to an activating group) is 1. The zero-order chi connectivity index (χ0) is 14.2. The summed E-state index contributed by atoms with van der Waals surface area (Å²) in [7, 11) is 0. The summed E-state index contributed by atoms with van der Waals surface area (Å²) in [6.07, 6.45) is 0. The van der Waals surface area contributed by atoms with Gasteiger partial charge in [0.15, 0.2) is 0 Å². The lowest BCUT2D eigenvalue weighted by atomic mass is 10.0. The molecule has 0 spiro atoms. The number of benzene rings is 1. The molecule has 2 rings (SSSR count). The van der Waals surface area contributed by atoms with Gasteiger partial charge in [-0.05, 0) is 45.0 Å². The van der Waals surface area contributed by atoms with Crippen molar-refractivity contribution in [2.45, 2.75) is 26.3 Å². The van der Waals surface area contributed by atoms with Gasteiger partial charge in [-0.15, -0.1) is 0 Å². The summed E-state index contributed by atoms with van der Waals surface area (Å²) >= 11 is 0. The highest BCUT2D eigenvalue weighted by Crippen LogP contribution is 2.31. The Bertz CT molecular complexity index is 569. The Balaban J connectivity index is 2.42. The average molecular weight is 257 g/mol. The highest BCUT2D eigenvalue weighted by atomic mass is 16.2. The molecule has 98 valence electrons. The summed E-state index contributed by atoms with van der Waals surface area (Å²) in [6.45, 7) is 5.79. The summed E-state index contributed by atoms with van der Waals surface area (Å²) in [4.78, 5) is 27.4. The van der Waals surface area contributed by atoms with Crippen LogP contribution in [0.15, 0.2) is 24.3 Å². The fourth-order valence-corrected chi connectivity index (χ4v) is 2.28. The lowest BCUT2D eigenvalue weighted by Crippen LogP contribution is -2.43. The second kappa shape index (κ2) is 4.39. The van der Waals surface area contributed by atoms with E-state index in [4.69, 9.17) is 5.26 Å². The van der Waals surface area contributed by atoms with Crippen LogP contribution in [0.1, 0.15) is 26.3 Å². The van der Waals surface area contributed by atoms with E-state index in [9.17, 15) is 9.59 Å². The van der Waals surface area contributed by atoms with Crippen molar-refractivity contribution in [2.75, 3.05) is 11.4 Å². The quantitative estimate of drug-likeness (QED) is 0.762. The van der Waals surface area contributed by atoms with Crippen molar-refractivity contribution in [2.24, 2.45) is 0 Å². The van der Waals surface area contributed by atoms with E-state index in [1.807, 2.05) is 13.0 Å². The maximum Gasteiger partial charge on any atom is 0.332 e. The van der Waals surface area contributed by atoms with Crippen molar-refractivity contribution in [1.29, 1.82) is 5.26 Å². The Hall–Kier alpha value is -2.35. The number of nitrogens with zero attached hydrogens (tertiary/aromatic N) is 3. The van der Waals surface area contributed by atoms with Crippen LogP contribution in [-0.4, -0.2) is 28.9 Å². The number of nitriles is 1. The second-order valence-electron chi connectivity index (χ2n) is 4.89. The third-order valence-corrected chi connectivity index (χ3v) is 3.39. The standard InChI is InChI=1S/C14H15N3O2/c1-4-16-13(19)17(12(18)14(16,2)3)11-7-5-10(9-15)6-8-11/h5-8H,4H2,1-3H3. The molecule has 0 unspecified atom stereocenters. The summed E-state index contributed by atoms with van der Waals surface area (Å²) in [5.41, 5.74) is 0.159. The highest BCUT2D eigenvalue weighted by Gasteiger charge is 2.50. The van der Waals surface area contributed by atoms with Gasteiger partial charge in [0.05, 0.1) is 17.3 Å². The van der Waals surface area contributed by atoms with Gasteiger partial charge in [0.25, 0.3) is 5.91 Å². The number of rotatable bonds is 2. The fraction of sp³-hybridized carbons (Fsp3) is 0.357. The summed E-state index contributed by atoms with van der Waals surface area (Å²) in [6, 6.07) is 8.11. The number of imide groups is 1. The molecule has 0 radical (unpaired) electrons. The van der Waals surface area contributed by atoms with Gasteiger partial charge in [-0.25, -0.2) is 9.69 Å². The van der Waals surface area contributed by atoms with E-state index in [1.54, 1.807) is 38.1 Å². The van der Waals surface area contributed by atoms with Crippen LogP contribution in [-0.2, 0) is 4.79 Å². The lowest BCUT2D eigenvalue weighted by molar-refractivity contribution is -0.123. The Labute approximate surface area is 112 Å². The molecule has 1 heterocycles. The van der Waals surface area contributed by atoms with Crippen LogP contribution < -0.4 is 4.90 Å². The molecular weight excluding hydrogens is 242 g/mol. The van der Waals surface area contributed by atoms with Crippen LogP contribution >= 0.6 is 0 Å². The van der Waals surface area contributed by atoms with Crippen LogP contribution in [0.25, 0.3) is 0 Å². The molecule has 1 saturated heterocycles. The molecule has 1 fully saturated rings. The molecule has 5 nitrogen and oxygen atoms in total. The minimum absolute atomic E-state index is 0.246. The highest BCUT2D eigenvalue weighted by molar-refractivity contribution is 6.22. The molecule has 0 atom stereocenters. The average Bonchev–Trinajstić information content (AvgIpc) is 2.56. The number of hydrogen-bond acceptors (Lipinski definition) is 3. The lowest BCUT2D eigenvalue weighted by Gasteiger charge is -2.25. The molecule has 0 bridgehead atoms. The summed E-state index contributed by atoms with van der Waals surface area (Å²) in [5, 5.41) is 8.76. The molecule has 0 N–H and O–H groups in total. The van der Waals surface area contributed by atoms with E-state index in [0.717, 1.165) is 0 Å². The first-order chi connectivity index (χ1) is 8.93. The first kappa shape index (κ1) is 13.1. The van der Waals surface area contributed by atoms with Crippen molar-refractivity contribution in [3.8, 4) is 6.07 Å². The minimum atomic E-state index is -0.834. The third-order valence-electron chi connectivity index (χ3n) is 3.39. The minimum Gasteiger partial charge on any atom is -0.310 e. The van der Waals surface area contributed by atoms with E-state index in [-0.39, 0.29) is 11.9 Å². The molecule has 1 aromatic carbocycles. The normalized spacial score (nSPS) is 17.8. The molecule has 0 aromatic heterocycles. The predicted octanol–water partition coefficient (Wildman–Crippen LogP) is 2.13. The Morgan fingerprint density at radius 2 is 1.79 bits per heavy atom. The molecule has 1 aromatic rings. The fourth-order valence-electron chi connectivity index (χ4n) is 2.28. The van der Waals surface area contributed by atoms with Gasteiger partial charge < -0.3 is 4.90 Å². The molecule has 1 aliphatic rings. The van der Waals surface area contributed by atoms with Crippen LogP contribution in [0.5, 0.6) is 0 Å². The Morgan fingerprint density at radius 1 is 1.21 bits per heavy atom. The van der Waals surface area contributed by atoms with Crippen molar-refractivity contribution >= 4 is 17.6 Å². The number of carbonyl (C=O) groups is 2.